The molecule has 1 amide bonds. The smallest absolute Gasteiger partial charge is 0.261 e. The zero-order valence-corrected chi connectivity index (χ0v) is 13.3. The van der Waals surface area contributed by atoms with Gasteiger partial charge in [0.2, 0.25) is 0 Å². The predicted octanol–water partition coefficient (Wildman–Crippen LogP) is 3.60. The number of nitrogens with one attached hydrogen (secondary N) is 1. The fourth-order valence-electron chi connectivity index (χ4n) is 3.19. The third-order valence-corrected chi connectivity index (χ3v) is 5.59. The molecule has 1 aliphatic rings. The van der Waals surface area contributed by atoms with Crippen LogP contribution in [0.5, 0.6) is 0 Å². The van der Waals surface area contributed by atoms with Crippen LogP contribution in [0.4, 0.5) is 0 Å². The highest BCUT2D eigenvalue weighted by atomic mass is 32.1. The predicted molar refractivity (Wildman–Crippen MR) is 88.9 cm³/mol. The topological polar surface area (TPSA) is 55.1 Å². The molecule has 3 rings (SSSR count). The minimum Gasteiger partial charge on any atom is -0.345 e. The van der Waals surface area contributed by atoms with E-state index >= 15 is 0 Å². The number of rotatable bonds is 3. The first-order valence-electron chi connectivity index (χ1n) is 7.65. The number of carbonyl (C=O) groups is 1. The Balaban J connectivity index is 1.82. The molecule has 0 unspecified atom stereocenters. The average molecular weight is 302 g/mol. The maximum Gasteiger partial charge on any atom is 0.261 e. The first kappa shape index (κ1) is 14.5. The molecule has 2 aromatic rings. The minimum atomic E-state index is -0.193. The number of amides is 1. The fourth-order valence-corrected chi connectivity index (χ4v) is 4.12. The second-order valence-electron chi connectivity index (χ2n) is 6.15. The molecule has 0 saturated heterocycles. The van der Waals surface area contributed by atoms with E-state index in [4.69, 9.17) is 5.73 Å². The molecule has 0 radical (unpaired) electrons. The van der Waals surface area contributed by atoms with Gasteiger partial charge in [0.15, 0.2) is 0 Å². The number of aryl methyl sites for hydroxylation is 1. The molecule has 1 aromatic carbocycles. The Labute approximate surface area is 129 Å². The lowest BCUT2D eigenvalue weighted by molar-refractivity contribution is 0.0879. The van der Waals surface area contributed by atoms with Crippen LogP contribution in [0.15, 0.2) is 24.3 Å². The van der Waals surface area contributed by atoms with Gasteiger partial charge >= 0.3 is 0 Å². The third kappa shape index (κ3) is 2.97. The largest absolute Gasteiger partial charge is 0.345 e. The van der Waals surface area contributed by atoms with E-state index in [0.29, 0.717) is 6.54 Å². The Bertz CT molecular complexity index is 656. The van der Waals surface area contributed by atoms with E-state index in [1.807, 2.05) is 6.07 Å². The highest BCUT2D eigenvalue weighted by Crippen LogP contribution is 2.30. The molecule has 1 aliphatic carbocycles. The van der Waals surface area contributed by atoms with E-state index in [1.54, 1.807) is 11.3 Å². The fraction of sp³-hybridized carbons (Fsp3) is 0.471. The number of benzene rings is 1. The van der Waals surface area contributed by atoms with Crippen LogP contribution in [0.25, 0.3) is 10.1 Å². The van der Waals surface area contributed by atoms with E-state index in [1.165, 1.54) is 12.0 Å². The SMILES string of the molecule is Cc1ccc2sc(C(=O)NC3(CN)CCCCC3)cc2c1. The van der Waals surface area contributed by atoms with Crippen LogP contribution in [0.2, 0.25) is 0 Å². The van der Waals surface area contributed by atoms with Crippen molar-refractivity contribution in [2.24, 2.45) is 5.73 Å². The molecule has 1 aromatic heterocycles. The Morgan fingerprint density at radius 3 is 2.76 bits per heavy atom. The molecule has 1 saturated carbocycles. The van der Waals surface area contributed by atoms with E-state index in [-0.39, 0.29) is 11.4 Å². The van der Waals surface area contributed by atoms with Crippen LogP contribution < -0.4 is 11.1 Å². The van der Waals surface area contributed by atoms with Crippen molar-refractivity contribution in [2.75, 3.05) is 6.54 Å². The van der Waals surface area contributed by atoms with E-state index in [9.17, 15) is 4.79 Å². The normalized spacial score (nSPS) is 17.8. The van der Waals surface area contributed by atoms with Gasteiger partial charge in [-0.2, -0.15) is 0 Å². The summed E-state index contributed by atoms with van der Waals surface area (Å²) >= 11 is 1.56. The summed E-state index contributed by atoms with van der Waals surface area (Å²) in [5.74, 6) is 0.0289. The molecule has 1 heterocycles. The van der Waals surface area contributed by atoms with Gasteiger partial charge in [-0.05, 0) is 37.3 Å². The van der Waals surface area contributed by atoms with Gasteiger partial charge in [-0.1, -0.05) is 37.0 Å². The molecule has 0 bridgehead atoms. The Morgan fingerprint density at radius 2 is 2.05 bits per heavy atom. The summed E-state index contributed by atoms with van der Waals surface area (Å²) in [5.41, 5.74) is 6.98. The summed E-state index contributed by atoms with van der Waals surface area (Å²) < 4.78 is 1.16. The lowest BCUT2D eigenvalue weighted by Gasteiger charge is -2.36. The number of fused-ring (bicyclic) bond motifs is 1. The molecular weight excluding hydrogens is 280 g/mol. The highest BCUT2D eigenvalue weighted by molar-refractivity contribution is 7.20. The zero-order valence-electron chi connectivity index (χ0n) is 12.4. The molecule has 3 N–H and O–H groups in total. The summed E-state index contributed by atoms with van der Waals surface area (Å²) in [7, 11) is 0. The van der Waals surface area contributed by atoms with Crippen molar-refractivity contribution in [1.29, 1.82) is 0 Å². The van der Waals surface area contributed by atoms with Gasteiger partial charge in [-0.3, -0.25) is 4.79 Å². The Morgan fingerprint density at radius 1 is 1.29 bits per heavy atom. The maximum atomic E-state index is 12.6. The molecule has 4 heteroatoms. The van der Waals surface area contributed by atoms with Crippen molar-refractivity contribution in [3.63, 3.8) is 0 Å². The quantitative estimate of drug-likeness (QED) is 0.910. The van der Waals surface area contributed by atoms with Gasteiger partial charge in [0.25, 0.3) is 5.91 Å². The van der Waals surface area contributed by atoms with E-state index in [0.717, 1.165) is 40.6 Å². The van der Waals surface area contributed by atoms with Gasteiger partial charge < -0.3 is 11.1 Å². The molecule has 0 spiro atoms. The van der Waals surface area contributed by atoms with Crippen molar-refractivity contribution < 1.29 is 4.79 Å². The van der Waals surface area contributed by atoms with Gasteiger partial charge in [-0.25, -0.2) is 0 Å². The number of hydrogen-bond donors (Lipinski definition) is 2. The summed E-state index contributed by atoms with van der Waals surface area (Å²) in [5, 5.41) is 4.37. The molecule has 1 fully saturated rings. The van der Waals surface area contributed by atoms with E-state index < -0.39 is 0 Å². The van der Waals surface area contributed by atoms with E-state index in [2.05, 4.69) is 30.4 Å². The second-order valence-corrected chi connectivity index (χ2v) is 7.23. The van der Waals surface area contributed by atoms with Crippen LogP contribution >= 0.6 is 11.3 Å². The maximum absolute atomic E-state index is 12.6. The van der Waals surface area contributed by atoms with Gasteiger partial charge in [-0.15, -0.1) is 11.3 Å². The summed E-state index contributed by atoms with van der Waals surface area (Å²) in [6.45, 7) is 2.60. The highest BCUT2D eigenvalue weighted by Gasteiger charge is 2.32. The Hall–Kier alpha value is -1.39. The van der Waals surface area contributed by atoms with Crippen LogP contribution in [-0.2, 0) is 0 Å². The molecule has 0 aliphatic heterocycles. The second kappa shape index (κ2) is 5.78. The van der Waals surface area contributed by atoms with Crippen molar-refractivity contribution in [3.05, 3.63) is 34.7 Å². The van der Waals surface area contributed by atoms with Gasteiger partial charge in [0.1, 0.15) is 0 Å². The number of thiophene rings is 1. The molecule has 21 heavy (non-hydrogen) atoms. The number of hydrogen-bond acceptors (Lipinski definition) is 3. The lowest BCUT2D eigenvalue weighted by atomic mass is 9.81. The van der Waals surface area contributed by atoms with Crippen LogP contribution in [0.1, 0.15) is 47.3 Å². The van der Waals surface area contributed by atoms with Crippen molar-refractivity contribution >= 4 is 27.3 Å². The van der Waals surface area contributed by atoms with Crippen LogP contribution in [0.3, 0.4) is 0 Å². The van der Waals surface area contributed by atoms with Gasteiger partial charge in [0, 0.05) is 11.2 Å². The molecular formula is C17H22N2OS. The monoisotopic (exact) mass is 302 g/mol. The average Bonchev–Trinajstić information content (AvgIpc) is 2.91. The van der Waals surface area contributed by atoms with Crippen molar-refractivity contribution in [3.8, 4) is 0 Å². The summed E-state index contributed by atoms with van der Waals surface area (Å²) in [6.07, 6.45) is 5.56. The number of carbonyl (C=O) groups excluding carboxylic acids is 1. The molecule has 112 valence electrons. The number of nitrogens with two attached hydrogens (primary N) is 1. The Kier molecular flexibility index (Phi) is 4.00. The lowest BCUT2D eigenvalue weighted by Crippen LogP contribution is -2.54. The minimum absolute atomic E-state index is 0.0289. The standard InChI is InChI=1S/C17H22N2OS/c1-12-5-6-14-13(9-12)10-15(21-14)16(20)19-17(11-18)7-3-2-4-8-17/h5-6,9-10H,2-4,7-8,11,18H2,1H3,(H,19,20). The first-order valence-corrected chi connectivity index (χ1v) is 8.46. The van der Waals surface area contributed by atoms with Crippen LogP contribution in [0, 0.1) is 6.92 Å². The summed E-state index contributed by atoms with van der Waals surface area (Å²) in [4.78, 5) is 13.4. The third-order valence-electron chi connectivity index (χ3n) is 4.48. The molecule has 0 atom stereocenters. The van der Waals surface area contributed by atoms with Crippen molar-refractivity contribution in [1.82, 2.24) is 5.32 Å². The zero-order chi connectivity index (χ0) is 14.9. The first-order chi connectivity index (χ1) is 10.1. The van der Waals surface area contributed by atoms with Crippen LogP contribution in [-0.4, -0.2) is 18.0 Å². The van der Waals surface area contributed by atoms with Crippen molar-refractivity contribution in [2.45, 2.75) is 44.6 Å². The summed E-state index contributed by atoms with van der Waals surface area (Å²) in [6, 6.07) is 8.30. The molecule has 3 nitrogen and oxygen atoms in total. The van der Waals surface area contributed by atoms with Gasteiger partial charge in [0.05, 0.1) is 10.4 Å².